The molecule has 0 spiro atoms. The van der Waals surface area contributed by atoms with Crippen molar-refractivity contribution in [2.75, 3.05) is 50.1 Å². The van der Waals surface area contributed by atoms with Crippen LogP contribution in [0.2, 0.25) is 0 Å². The first-order chi connectivity index (χ1) is 11.5. The van der Waals surface area contributed by atoms with Gasteiger partial charge < -0.3 is 14.7 Å². The summed E-state index contributed by atoms with van der Waals surface area (Å²) in [6, 6.07) is 14.2. The zero-order valence-electron chi connectivity index (χ0n) is 14.1. The maximum atomic E-state index is 13.0. The van der Waals surface area contributed by atoms with Crippen molar-refractivity contribution in [1.82, 2.24) is 4.90 Å². The highest BCUT2D eigenvalue weighted by atomic mass is 19.1. The molecule has 2 aromatic carbocycles. The van der Waals surface area contributed by atoms with Gasteiger partial charge in [0.2, 0.25) is 0 Å². The van der Waals surface area contributed by atoms with Gasteiger partial charge in [0.1, 0.15) is 5.82 Å². The van der Waals surface area contributed by atoms with Crippen LogP contribution in [0.3, 0.4) is 0 Å². The number of anilines is 2. The number of carbonyl (C=O) groups excluding carboxylic acids is 1. The van der Waals surface area contributed by atoms with Crippen LogP contribution in [-0.2, 0) is 0 Å². The predicted octanol–water partition coefficient (Wildman–Crippen LogP) is 2.85. The largest absolute Gasteiger partial charge is 0.378 e. The Morgan fingerprint density at radius 2 is 1.67 bits per heavy atom. The summed E-state index contributed by atoms with van der Waals surface area (Å²) in [5, 5.41) is 0. The van der Waals surface area contributed by atoms with E-state index in [-0.39, 0.29) is 11.7 Å². The SMILES string of the molecule is CN(C)c1cccc(C(=O)N2CCN(c3ccc(F)cc3)CC2)c1. The van der Waals surface area contributed by atoms with Crippen LogP contribution in [0.25, 0.3) is 0 Å². The second-order valence-electron chi connectivity index (χ2n) is 6.20. The number of halogens is 1. The average molecular weight is 327 g/mol. The van der Waals surface area contributed by atoms with Crippen LogP contribution in [0.5, 0.6) is 0 Å². The molecule has 4 nitrogen and oxygen atoms in total. The molecule has 0 radical (unpaired) electrons. The first-order valence-corrected chi connectivity index (χ1v) is 8.12. The topological polar surface area (TPSA) is 26.8 Å². The van der Waals surface area contributed by atoms with Crippen LogP contribution in [0, 0.1) is 5.82 Å². The lowest BCUT2D eigenvalue weighted by Gasteiger charge is -2.36. The van der Waals surface area contributed by atoms with Crippen molar-refractivity contribution in [1.29, 1.82) is 0 Å². The van der Waals surface area contributed by atoms with Crippen molar-refractivity contribution in [2.24, 2.45) is 0 Å². The van der Waals surface area contributed by atoms with Gasteiger partial charge in [-0.25, -0.2) is 4.39 Å². The zero-order chi connectivity index (χ0) is 17.1. The fraction of sp³-hybridized carbons (Fsp3) is 0.316. The van der Waals surface area contributed by atoms with Gasteiger partial charge in [-0.1, -0.05) is 6.07 Å². The summed E-state index contributed by atoms with van der Waals surface area (Å²) in [6.07, 6.45) is 0. The Bertz CT molecular complexity index is 707. The molecule has 0 aromatic heterocycles. The van der Waals surface area contributed by atoms with Crippen LogP contribution >= 0.6 is 0 Å². The number of amides is 1. The molecule has 0 bridgehead atoms. The summed E-state index contributed by atoms with van der Waals surface area (Å²) < 4.78 is 13.0. The van der Waals surface area contributed by atoms with Gasteiger partial charge in [0.05, 0.1) is 0 Å². The van der Waals surface area contributed by atoms with E-state index >= 15 is 0 Å². The fourth-order valence-corrected chi connectivity index (χ4v) is 2.92. The molecule has 0 saturated carbocycles. The molecule has 3 rings (SSSR count). The van der Waals surface area contributed by atoms with Crippen molar-refractivity contribution in [3.05, 3.63) is 59.9 Å². The molecular weight excluding hydrogens is 305 g/mol. The van der Waals surface area contributed by atoms with Crippen LogP contribution < -0.4 is 9.80 Å². The van der Waals surface area contributed by atoms with E-state index in [0.29, 0.717) is 13.1 Å². The van der Waals surface area contributed by atoms with Crippen molar-refractivity contribution in [3.8, 4) is 0 Å². The lowest BCUT2D eigenvalue weighted by atomic mass is 10.1. The average Bonchev–Trinajstić information content (AvgIpc) is 2.62. The summed E-state index contributed by atoms with van der Waals surface area (Å²) in [4.78, 5) is 18.8. The van der Waals surface area contributed by atoms with Gasteiger partial charge in [0.25, 0.3) is 5.91 Å². The Kier molecular flexibility index (Phi) is 4.69. The highest BCUT2D eigenvalue weighted by Gasteiger charge is 2.22. The van der Waals surface area contributed by atoms with E-state index in [2.05, 4.69) is 4.90 Å². The number of piperazine rings is 1. The van der Waals surface area contributed by atoms with Crippen LogP contribution in [-0.4, -0.2) is 51.1 Å². The quantitative estimate of drug-likeness (QED) is 0.867. The molecule has 1 aliphatic rings. The number of rotatable bonds is 3. The maximum Gasteiger partial charge on any atom is 0.254 e. The van der Waals surface area contributed by atoms with Crippen molar-refractivity contribution >= 4 is 17.3 Å². The van der Waals surface area contributed by atoms with Gasteiger partial charge in [-0.3, -0.25) is 4.79 Å². The minimum Gasteiger partial charge on any atom is -0.378 e. The number of hydrogen-bond acceptors (Lipinski definition) is 3. The first-order valence-electron chi connectivity index (χ1n) is 8.12. The van der Waals surface area contributed by atoms with E-state index in [1.807, 2.05) is 48.2 Å². The Morgan fingerprint density at radius 3 is 2.29 bits per heavy atom. The molecule has 0 N–H and O–H groups in total. The monoisotopic (exact) mass is 327 g/mol. The third-order valence-corrected chi connectivity index (χ3v) is 4.37. The molecule has 1 heterocycles. The highest BCUT2D eigenvalue weighted by Crippen LogP contribution is 2.19. The van der Waals surface area contributed by atoms with E-state index in [1.165, 1.54) is 12.1 Å². The van der Waals surface area contributed by atoms with E-state index < -0.39 is 0 Å². The smallest absolute Gasteiger partial charge is 0.254 e. The molecule has 1 saturated heterocycles. The van der Waals surface area contributed by atoms with Crippen LogP contribution in [0.15, 0.2) is 48.5 Å². The molecular formula is C19H22FN3O. The molecule has 126 valence electrons. The van der Waals surface area contributed by atoms with Crippen molar-refractivity contribution in [3.63, 3.8) is 0 Å². The third kappa shape index (κ3) is 3.50. The molecule has 2 aromatic rings. The molecule has 1 amide bonds. The predicted molar refractivity (Wildman–Crippen MR) is 95.3 cm³/mol. The lowest BCUT2D eigenvalue weighted by Crippen LogP contribution is -2.48. The summed E-state index contributed by atoms with van der Waals surface area (Å²) in [7, 11) is 3.93. The minimum absolute atomic E-state index is 0.0671. The van der Waals surface area contributed by atoms with Crippen molar-refractivity contribution in [2.45, 2.75) is 0 Å². The third-order valence-electron chi connectivity index (χ3n) is 4.37. The number of benzene rings is 2. The second-order valence-corrected chi connectivity index (χ2v) is 6.20. The standard InChI is InChI=1S/C19H22FN3O/c1-21(2)18-5-3-4-15(14-18)19(24)23-12-10-22(11-13-23)17-8-6-16(20)7-9-17/h3-9,14H,10-13H2,1-2H3. The molecule has 24 heavy (non-hydrogen) atoms. The fourth-order valence-electron chi connectivity index (χ4n) is 2.92. The van der Waals surface area contributed by atoms with Gasteiger partial charge in [0.15, 0.2) is 0 Å². The highest BCUT2D eigenvalue weighted by molar-refractivity contribution is 5.95. The minimum atomic E-state index is -0.228. The van der Waals surface area contributed by atoms with Crippen molar-refractivity contribution < 1.29 is 9.18 Å². The molecule has 1 fully saturated rings. The van der Waals surface area contributed by atoms with Crippen LogP contribution in [0.4, 0.5) is 15.8 Å². The lowest BCUT2D eigenvalue weighted by molar-refractivity contribution is 0.0747. The molecule has 5 heteroatoms. The Morgan fingerprint density at radius 1 is 1.00 bits per heavy atom. The first kappa shape index (κ1) is 16.3. The van der Waals surface area contributed by atoms with E-state index in [0.717, 1.165) is 30.0 Å². The Balaban J connectivity index is 1.65. The molecule has 0 unspecified atom stereocenters. The summed E-state index contributed by atoms with van der Waals surface area (Å²) in [5.74, 6) is -0.161. The molecule has 1 aliphatic heterocycles. The Hall–Kier alpha value is -2.56. The number of hydrogen-bond donors (Lipinski definition) is 0. The number of carbonyl (C=O) groups is 1. The normalized spacial score (nSPS) is 14.6. The van der Waals surface area contributed by atoms with Gasteiger partial charge in [-0.2, -0.15) is 0 Å². The molecule has 0 atom stereocenters. The maximum absolute atomic E-state index is 13.0. The second kappa shape index (κ2) is 6.91. The van der Waals surface area contributed by atoms with E-state index in [1.54, 1.807) is 12.1 Å². The summed E-state index contributed by atoms with van der Waals surface area (Å²) in [5.41, 5.74) is 2.74. The van der Waals surface area contributed by atoms with Gasteiger partial charge in [0, 0.05) is 57.2 Å². The zero-order valence-corrected chi connectivity index (χ0v) is 14.1. The summed E-state index contributed by atoms with van der Waals surface area (Å²) in [6.45, 7) is 2.85. The van der Waals surface area contributed by atoms with E-state index in [9.17, 15) is 9.18 Å². The van der Waals surface area contributed by atoms with Gasteiger partial charge >= 0.3 is 0 Å². The summed E-state index contributed by atoms with van der Waals surface area (Å²) >= 11 is 0. The molecule has 0 aliphatic carbocycles. The van der Waals surface area contributed by atoms with E-state index in [4.69, 9.17) is 0 Å². The van der Waals surface area contributed by atoms with Crippen LogP contribution in [0.1, 0.15) is 10.4 Å². The number of nitrogens with zero attached hydrogens (tertiary/aromatic N) is 3. The van der Waals surface area contributed by atoms with Gasteiger partial charge in [-0.05, 0) is 42.5 Å². The van der Waals surface area contributed by atoms with Gasteiger partial charge in [-0.15, -0.1) is 0 Å². The Labute approximate surface area is 142 Å².